The van der Waals surface area contributed by atoms with Crippen LogP contribution in [0.4, 0.5) is 13.2 Å². The Labute approximate surface area is 172 Å². The predicted molar refractivity (Wildman–Crippen MR) is 104 cm³/mol. The Morgan fingerprint density at radius 1 is 0.967 bits per heavy atom. The SMILES string of the molecule is Cc1ccc(S(=O)(=O)OCC2Cc3cc(F)cc(-c4cc(F)ccc4F)c3O2)cc1. The molecule has 1 aliphatic rings. The first-order chi connectivity index (χ1) is 14.2. The van der Waals surface area contributed by atoms with Gasteiger partial charge in [0.1, 0.15) is 35.9 Å². The molecular formula is C22H17F3O4S. The quantitative estimate of drug-likeness (QED) is 0.542. The van der Waals surface area contributed by atoms with Gasteiger partial charge in [0, 0.05) is 23.1 Å². The van der Waals surface area contributed by atoms with Crippen LogP contribution in [0.15, 0.2) is 59.5 Å². The molecular weight excluding hydrogens is 417 g/mol. The van der Waals surface area contributed by atoms with Gasteiger partial charge >= 0.3 is 0 Å². The highest BCUT2D eigenvalue weighted by atomic mass is 32.2. The standard InChI is InChI=1S/C22H17F3O4S/c1-13-2-5-18(6-3-13)30(26,27)28-12-17-9-14-8-16(24)11-20(22(14)29-17)19-10-15(23)4-7-21(19)25/h2-8,10-11,17H,9,12H2,1H3. The van der Waals surface area contributed by atoms with Crippen LogP contribution in [0.2, 0.25) is 0 Å². The van der Waals surface area contributed by atoms with Crippen molar-refractivity contribution < 1.29 is 30.5 Å². The van der Waals surface area contributed by atoms with Crippen molar-refractivity contribution in [2.45, 2.75) is 24.3 Å². The van der Waals surface area contributed by atoms with Crippen molar-refractivity contribution >= 4 is 10.1 Å². The Bertz CT molecular complexity index is 1210. The molecule has 4 nitrogen and oxygen atoms in total. The molecule has 0 saturated heterocycles. The number of ether oxygens (including phenoxy) is 1. The van der Waals surface area contributed by atoms with Crippen molar-refractivity contribution in [1.82, 2.24) is 0 Å². The molecule has 0 spiro atoms. The highest BCUT2D eigenvalue weighted by molar-refractivity contribution is 7.86. The zero-order valence-corrected chi connectivity index (χ0v) is 16.7. The number of halogens is 3. The third-order valence-corrected chi connectivity index (χ3v) is 6.10. The van der Waals surface area contributed by atoms with E-state index in [-0.39, 0.29) is 34.8 Å². The molecule has 3 aromatic rings. The van der Waals surface area contributed by atoms with Gasteiger partial charge in [0.15, 0.2) is 0 Å². The average molecular weight is 434 g/mol. The Morgan fingerprint density at radius 2 is 1.67 bits per heavy atom. The van der Waals surface area contributed by atoms with Gasteiger partial charge < -0.3 is 4.74 Å². The summed E-state index contributed by atoms with van der Waals surface area (Å²) in [7, 11) is -4.00. The van der Waals surface area contributed by atoms with E-state index in [9.17, 15) is 21.6 Å². The third-order valence-electron chi connectivity index (χ3n) is 4.80. The summed E-state index contributed by atoms with van der Waals surface area (Å²) in [6.07, 6.45) is -0.558. The van der Waals surface area contributed by atoms with Gasteiger partial charge in [-0.15, -0.1) is 0 Å². The molecule has 0 aromatic heterocycles. The van der Waals surface area contributed by atoms with Crippen molar-refractivity contribution in [3.8, 4) is 16.9 Å². The Morgan fingerprint density at radius 3 is 2.40 bits per heavy atom. The van der Waals surface area contributed by atoms with E-state index < -0.39 is 33.7 Å². The average Bonchev–Trinajstić information content (AvgIpc) is 3.11. The van der Waals surface area contributed by atoms with E-state index in [1.54, 1.807) is 12.1 Å². The second-order valence-corrected chi connectivity index (χ2v) is 8.68. The monoisotopic (exact) mass is 434 g/mol. The summed E-state index contributed by atoms with van der Waals surface area (Å²) in [4.78, 5) is 0.0113. The van der Waals surface area contributed by atoms with Crippen LogP contribution < -0.4 is 4.74 Å². The number of benzene rings is 3. The molecule has 0 saturated carbocycles. The third kappa shape index (κ3) is 4.06. The van der Waals surface area contributed by atoms with Gasteiger partial charge in [-0.1, -0.05) is 17.7 Å². The molecule has 1 atom stereocenters. The summed E-state index contributed by atoms with van der Waals surface area (Å²) in [5.41, 5.74) is 1.25. The lowest BCUT2D eigenvalue weighted by Gasteiger charge is -2.14. The van der Waals surface area contributed by atoms with E-state index in [2.05, 4.69) is 0 Å². The molecule has 1 unspecified atom stereocenters. The molecule has 0 fully saturated rings. The summed E-state index contributed by atoms with van der Waals surface area (Å²) in [5.74, 6) is -1.85. The summed E-state index contributed by atoms with van der Waals surface area (Å²) >= 11 is 0. The number of aryl methyl sites for hydroxylation is 1. The first kappa shape index (κ1) is 20.4. The largest absolute Gasteiger partial charge is 0.487 e. The lowest BCUT2D eigenvalue weighted by molar-refractivity contribution is 0.152. The Hall–Kier alpha value is -2.84. The van der Waals surface area contributed by atoms with Crippen LogP contribution in [-0.4, -0.2) is 21.1 Å². The van der Waals surface area contributed by atoms with Gasteiger partial charge in [-0.3, -0.25) is 4.18 Å². The smallest absolute Gasteiger partial charge is 0.297 e. The molecule has 1 aliphatic heterocycles. The molecule has 0 radical (unpaired) electrons. The van der Waals surface area contributed by atoms with Crippen molar-refractivity contribution in [3.63, 3.8) is 0 Å². The van der Waals surface area contributed by atoms with Crippen LogP contribution in [-0.2, 0) is 20.7 Å². The van der Waals surface area contributed by atoms with Gasteiger partial charge in [-0.25, -0.2) is 13.2 Å². The van der Waals surface area contributed by atoms with E-state index in [1.165, 1.54) is 18.2 Å². The minimum Gasteiger partial charge on any atom is -0.487 e. The lowest BCUT2D eigenvalue weighted by atomic mass is 9.99. The maximum absolute atomic E-state index is 14.2. The van der Waals surface area contributed by atoms with E-state index in [0.717, 1.165) is 29.8 Å². The molecule has 8 heteroatoms. The van der Waals surface area contributed by atoms with E-state index in [1.807, 2.05) is 6.92 Å². The molecule has 0 aliphatic carbocycles. The first-order valence-electron chi connectivity index (χ1n) is 9.13. The number of hydrogen-bond donors (Lipinski definition) is 0. The van der Waals surface area contributed by atoms with Gasteiger partial charge in [-0.05, 0) is 49.4 Å². The van der Waals surface area contributed by atoms with Crippen molar-refractivity contribution in [2.75, 3.05) is 6.61 Å². The Balaban J connectivity index is 1.56. The molecule has 4 rings (SSSR count). The highest BCUT2D eigenvalue weighted by Gasteiger charge is 2.30. The molecule has 0 bridgehead atoms. The van der Waals surface area contributed by atoms with E-state index in [0.29, 0.717) is 5.56 Å². The fraction of sp³-hybridized carbons (Fsp3) is 0.182. The molecule has 30 heavy (non-hydrogen) atoms. The predicted octanol–water partition coefficient (Wildman–Crippen LogP) is 4.79. The minimum atomic E-state index is -4.00. The fourth-order valence-corrected chi connectivity index (χ4v) is 4.27. The van der Waals surface area contributed by atoms with Crippen molar-refractivity contribution in [3.05, 3.63) is 83.2 Å². The van der Waals surface area contributed by atoms with Crippen molar-refractivity contribution in [1.29, 1.82) is 0 Å². The van der Waals surface area contributed by atoms with E-state index >= 15 is 0 Å². The molecule has 1 heterocycles. The topological polar surface area (TPSA) is 52.6 Å². The zero-order chi connectivity index (χ0) is 21.5. The molecule has 0 N–H and O–H groups in total. The molecule has 3 aromatic carbocycles. The maximum atomic E-state index is 14.2. The van der Waals surface area contributed by atoms with Crippen LogP contribution in [0.3, 0.4) is 0 Å². The highest BCUT2D eigenvalue weighted by Crippen LogP contribution is 2.41. The number of rotatable bonds is 5. The van der Waals surface area contributed by atoms with Gasteiger partial charge in [0.05, 0.1) is 4.90 Å². The first-order valence-corrected chi connectivity index (χ1v) is 10.5. The summed E-state index contributed by atoms with van der Waals surface area (Å²) in [5, 5.41) is 0. The zero-order valence-electron chi connectivity index (χ0n) is 15.9. The maximum Gasteiger partial charge on any atom is 0.297 e. The number of hydrogen-bond acceptors (Lipinski definition) is 4. The van der Waals surface area contributed by atoms with Crippen molar-refractivity contribution in [2.24, 2.45) is 0 Å². The van der Waals surface area contributed by atoms with Crippen LogP contribution in [0.1, 0.15) is 11.1 Å². The van der Waals surface area contributed by atoms with E-state index in [4.69, 9.17) is 8.92 Å². The lowest BCUT2D eigenvalue weighted by Crippen LogP contribution is -2.23. The normalized spacial score (nSPS) is 15.7. The summed E-state index contributed by atoms with van der Waals surface area (Å²) in [6, 6.07) is 11.3. The molecule has 0 amide bonds. The number of fused-ring (bicyclic) bond motifs is 1. The second-order valence-electron chi connectivity index (χ2n) is 7.06. The van der Waals surface area contributed by atoms with Gasteiger partial charge in [-0.2, -0.15) is 8.42 Å². The van der Waals surface area contributed by atoms with Crippen LogP contribution in [0, 0.1) is 24.4 Å². The fourth-order valence-electron chi connectivity index (χ4n) is 3.33. The minimum absolute atomic E-state index is 0.0113. The molecule has 156 valence electrons. The second kappa shape index (κ2) is 7.77. The summed E-state index contributed by atoms with van der Waals surface area (Å²) in [6.45, 7) is 1.52. The van der Waals surface area contributed by atoms with Crippen LogP contribution in [0.25, 0.3) is 11.1 Å². The van der Waals surface area contributed by atoms with Gasteiger partial charge in [0.2, 0.25) is 0 Å². The van der Waals surface area contributed by atoms with Gasteiger partial charge in [0.25, 0.3) is 10.1 Å². The summed E-state index contributed by atoms with van der Waals surface area (Å²) < 4.78 is 77.5. The van der Waals surface area contributed by atoms with Crippen LogP contribution in [0.5, 0.6) is 5.75 Å². The Kier molecular flexibility index (Phi) is 5.29. The van der Waals surface area contributed by atoms with Crippen LogP contribution >= 0.6 is 0 Å².